The van der Waals surface area contributed by atoms with Crippen LogP contribution >= 0.6 is 7.60 Å². The predicted octanol–water partition coefficient (Wildman–Crippen LogP) is 2.04. The molecule has 1 atom stereocenters. The van der Waals surface area contributed by atoms with Crippen LogP contribution in [0.1, 0.15) is 32.1 Å². The summed E-state index contributed by atoms with van der Waals surface area (Å²) in [6.45, 7) is 0. The van der Waals surface area contributed by atoms with Gasteiger partial charge in [-0.3, -0.25) is 4.57 Å². The van der Waals surface area contributed by atoms with Crippen LogP contribution in [0, 0.1) is 0 Å². The summed E-state index contributed by atoms with van der Waals surface area (Å²) in [5, 5.41) is 9.03. The van der Waals surface area contributed by atoms with Gasteiger partial charge < -0.3 is 18.9 Å². The molecule has 0 bridgehead atoms. The standard InChI is InChI=1S/C11H11O7P/c1-16-19(15,17-2)11-7-5-3-4-6(9(12)13)8(7)10(14)18-11/h3-5,11H,1-2H3,(H,12,13)/t11-/m1/s1. The lowest BCUT2D eigenvalue weighted by Gasteiger charge is -2.19. The molecular formula is C11H11O7P. The quantitative estimate of drug-likeness (QED) is 0.667. The molecule has 1 aliphatic rings. The number of carboxylic acid groups (broad SMARTS) is 1. The van der Waals surface area contributed by atoms with Crippen molar-refractivity contribution in [1.29, 1.82) is 0 Å². The molecule has 1 N–H and O–H groups in total. The van der Waals surface area contributed by atoms with E-state index in [4.69, 9.17) is 18.9 Å². The molecule has 0 spiro atoms. The second-order valence-corrected chi connectivity index (χ2v) is 6.02. The fourth-order valence-corrected chi connectivity index (χ4v) is 3.22. The van der Waals surface area contributed by atoms with Crippen LogP contribution in [0.4, 0.5) is 0 Å². The largest absolute Gasteiger partial charge is 0.478 e. The number of rotatable bonds is 4. The third-order valence-electron chi connectivity index (χ3n) is 2.81. The molecule has 0 aromatic heterocycles. The van der Waals surface area contributed by atoms with E-state index in [0.29, 0.717) is 0 Å². The van der Waals surface area contributed by atoms with Crippen molar-refractivity contribution in [3.8, 4) is 0 Å². The highest BCUT2D eigenvalue weighted by atomic mass is 31.2. The summed E-state index contributed by atoms with van der Waals surface area (Å²) in [7, 11) is -1.36. The van der Waals surface area contributed by atoms with Crippen molar-refractivity contribution in [2.24, 2.45) is 0 Å². The van der Waals surface area contributed by atoms with E-state index < -0.39 is 25.4 Å². The molecule has 0 amide bonds. The smallest absolute Gasteiger partial charge is 0.375 e. The number of aromatic carboxylic acids is 1. The summed E-state index contributed by atoms with van der Waals surface area (Å²) in [6, 6.07) is 4.17. The third kappa shape index (κ3) is 2.06. The molecule has 102 valence electrons. The van der Waals surface area contributed by atoms with Crippen LogP contribution < -0.4 is 0 Å². The lowest BCUT2D eigenvalue weighted by Crippen LogP contribution is -2.05. The molecule has 0 saturated heterocycles. The Kier molecular flexibility index (Phi) is 3.45. The van der Waals surface area contributed by atoms with Crippen LogP contribution in [0.3, 0.4) is 0 Å². The van der Waals surface area contributed by atoms with Crippen LogP contribution in [0.15, 0.2) is 18.2 Å². The van der Waals surface area contributed by atoms with Crippen LogP contribution in [0.5, 0.6) is 0 Å². The van der Waals surface area contributed by atoms with Gasteiger partial charge in [-0.2, -0.15) is 0 Å². The van der Waals surface area contributed by atoms with Gasteiger partial charge in [0.2, 0.25) is 5.85 Å². The second kappa shape index (κ2) is 4.77. The zero-order valence-corrected chi connectivity index (χ0v) is 11.0. The van der Waals surface area contributed by atoms with Gasteiger partial charge in [0.25, 0.3) is 0 Å². The van der Waals surface area contributed by atoms with Crippen LogP contribution in [-0.4, -0.2) is 31.3 Å². The Morgan fingerprint density at radius 2 is 2.00 bits per heavy atom. The first kappa shape index (κ1) is 13.7. The van der Waals surface area contributed by atoms with Crippen LogP contribution in [0.2, 0.25) is 0 Å². The second-order valence-electron chi connectivity index (χ2n) is 3.74. The molecule has 8 heteroatoms. The van der Waals surface area contributed by atoms with Crippen molar-refractivity contribution in [2.75, 3.05) is 14.2 Å². The number of carboxylic acids is 1. The van der Waals surface area contributed by atoms with E-state index in [1.54, 1.807) is 0 Å². The molecule has 0 fully saturated rings. The Bertz CT molecular complexity index is 587. The zero-order chi connectivity index (χ0) is 14.2. The van der Waals surface area contributed by atoms with E-state index in [1.165, 1.54) is 18.2 Å². The van der Waals surface area contributed by atoms with E-state index in [-0.39, 0.29) is 16.7 Å². The van der Waals surface area contributed by atoms with Gasteiger partial charge in [-0.05, 0) is 6.07 Å². The molecule has 1 heterocycles. The van der Waals surface area contributed by atoms with Gasteiger partial charge in [-0.25, -0.2) is 9.59 Å². The summed E-state index contributed by atoms with van der Waals surface area (Å²) in [5.74, 6) is -3.37. The maximum absolute atomic E-state index is 12.3. The molecule has 0 radical (unpaired) electrons. The van der Waals surface area contributed by atoms with Gasteiger partial charge in [0.1, 0.15) is 0 Å². The fraction of sp³-hybridized carbons (Fsp3) is 0.273. The molecule has 0 aliphatic carbocycles. The zero-order valence-electron chi connectivity index (χ0n) is 10.2. The molecular weight excluding hydrogens is 275 g/mol. The number of hydrogen-bond donors (Lipinski definition) is 1. The van der Waals surface area contributed by atoms with Crippen LogP contribution in [0.25, 0.3) is 0 Å². The van der Waals surface area contributed by atoms with Gasteiger partial charge in [-0.1, -0.05) is 12.1 Å². The number of hydrogen-bond acceptors (Lipinski definition) is 6. The van der Waals surface area contributed by atoms with Gasteiger partial charge >= 0.3 is 19.5 Å². The maximum Gasteiger partial charge on any atom is 0.375 e. The first-order chi connectivity index (χ1) is 8.94. The number of carbonyl (C=O) groups excluding carboxylic acids is 1. The van der Waals surface area contributed by atoms with Crippen molar-refractivity contribution in [3.05, 3.63) is 34.9 Å². The Hall–Kier alpha value is -1.69. The van der Waals surface area contributed by atoms with E-state index in [0.717, 1.165) is 14.2 Å². The first-order valence-electron chi connectivity index (χ1n) is 5.23. The SMILES string of the molecule is COP(=O)(OC)[C@H]1OC(=O)c2c(C(=O)O)cccc21. The minimum Gasteiger partial charge on any atom is -0.478 e. The molecule has 0 saturated carbocycles. The van der Waals surface area contributed by atoms with E-state index >= 15 is 0 Å². The highest BCUT2D eigenvalue weighted by Gasteiger charge is 2.47. The highest BCUT2D eigenvalue weighted by Crippen LogP contribution is 2.63. The number of ether oxygens (including phenoxy) is 1. The van der Waals surface area contributed by atoms with Crippen molar-refractivity contribution in [2.45, 2.75) is 5.85 Å². The molecule has 0 unspecified atom stereocenters. The highest BCUT2D eigenvalue weighted by molar-refractivity contribution is 7.54. The number of benzene rings is 1. The van der Waals surface area contributed by atoms with Gasteiger partial charge in [-0.15, -0.1) is 0 Å². The van der Waals surface area contributed by atoms with Crippen LogP contribution in [-0.2, 0) is 18.3 Å². The molecule has 1 aromatic rings. The van der Waals surface area contributed by atoms with Crippen molar-refractivity contribution >= 4 is 19.5 Å². The molecule has 7 nitrogen and oxygen atoms in total. The number of cyclic esters (lactones) is 1. The molecule has 1 aliphatic heterocycles. The van der Waals surface area contributed by atoms with Crippen molar-refractivity contribution in [1.82, 2.24) is 0 Å². The number of esters is 1. The maximum atomic E-state index is 12.3. The molecule has 1 aromatic carbocycles. The first-order valence-corrected chi connectivity index (χ1v) is 6.84. The predicted molar refractivity (Wildman–Crippen MR) is 63.2 cm³/mol. The number of fused-ring (bicyclic) bond motifs is 1. The third-order valence-corrected chi connectivity index (χ3v) is 4.79. The van der Waals surface area contributed by atoms with E-state index in [1.807, 2.05) is 0 Å². The van der Waals surface area contributed by atoms with Gasteiger partial charge in [0.15, 0.2) is 0 Å². The van der Waals surface area contributed by atoms with Crippen molar-refractivity contribution < 1.29 is 33.0 Å². The van der Waals surface area contributed by atoms with E-state index in [2.05, 4.69) is 0 Å². The average molecular weight is 286 g/mol. The lowest BCUT2D eigenvalue weighted by molar-refractivity contribution is 0.0451. The van der Waals surface area contributed by atoms with Gasteiger partial charge in [0, 0.05) is 19.8 Å². The average Bonchev–Trinajstić information content (AvgIpc) is 2.76. The monoisotopic (exact) mass is 286 g/mol. The topological polar surface area (TPSA) is 99.1 Å². The summed E-state index contributed by atoms with van der Waals surface area (Å²) in [6.07, 6.45) is 0. The fourth-order valence-electron chi connectivity index (χ4n) is 1.91. The lowest BCUT2D eigenvalue weighted by atomic mass is 10.0. The minimum absolute atomic E-state index is 0.116. The Balaban J connectivity index is 2.61. The van der Waals surface area contributed by atoms with E-state index in [9.17, 15) is 14.2 Å². The summed E-state index contributed by atoms with van der Waals surface area (Å²) in [4.78, 5) is 22.8. The Morgan fingerprint density at radius 1 is 1.37 bits per heavy atom. The Morgan fingerprint density at radius 3 is 2.53 bits per heavy atom. The summed E-state index contributed by atoms with van der Waals surface area (Å²) < 4.78 is 26.8. The minimum atomic E-state index is -3.68. The van der Waals surface area contributed by atoms with Gasteiger partial charge in [0.05, 0.1) is 11.1 Å². The van der Waals surface area contributed by atoms with Crippen molar-refractivity contribution in [3.63, 3.8) is 0 Å². The summed E-state index contributed by atoms with van der Waals surface area (Å²) >= 11 is 0. The summed E-state index contributed by atoms with van der Waals surface area (Å²) in [5.41, 5.74) is -0.130. The molecule has 2 rings (SSSR count). The normalized spacial score (nSPS) is 18.0. The molecule has 19 heavy (non-hydrogen) atoms. The number of carbonyl (C=O) groups is 2. The Labute approximate surface area is 108 Å².